The number of nitrogens with zero attached hydrogens (tertiary/aromatic N) is 1. The Morgan fingerprint density at radius 1 is 0.786 bits per heavy atom. The molecule has 0 radical (unpaired) electrons. The first kappa shape index (κ1) is 27.7. The third-order valence-corrected chi connectivity index (χ3v) is 11.2. The lowest BCUT2D eigenvalue weighted by Gasteiger charge is -2.35. The Balaban J connectivity index is 5.04. The van der Waals surface area contributed by atoms with E-state index < -0.39 is 17.6 Å². The van der Waals surface area contributed by atoms with Crippen molar-refractivity contribution in [1.29, 1.82) is 0 Å². The van der Waals surface area contributed by atoms with E-state index in [-0.39, 0.29) is 11.3 Å². The quantitative estimate of drug-likeness (QED) is 0.342. The lowest BCUT2D eigenvalue weighted by atomic mass is 9.81. The summed E-state index contributed by atoms with van der Waals surface area (Å²) in [7, 11) is 6.45. The molecule has 0 saturated heterocycles. The summed E-state index contributed by atoms with van der Waals surface area (Å²) in [5, 5.41) is 0. The molecule has 0 saturated carbocycles. The Bertz CT molecular complexity index is 403. The van der Waals surface area contributed by atoms with Crippen molar-refractivity contribution in [2.24, 2.45) is 5.41 Å². The Morgan fingerprint density at radius 3 is 1.36 bits per heavy atom. The first-order valence-corrected chi connectivity index (χ1v) is 13.5. The fraction of sp³-hybridized carbons (Fsp3) is 0.944. The molecule has 0 rings (SSSR count). The molecule has 28 heavy (non-hydrogen) atoms. The van der Waals surface area contributed by atoms with E-state index >= 15 is 0 Å². The first-order chi connectivity index (χ1) is 13.1. The molecule has 0 bridgehead atoms. The molecule has 0 aliphatic rings. The average Bonchev–Trinajstić information content (AvgIpc) is 2.69. The SMILES string of the molecule is CO[Si](CCCC(C)(CCC[Si](OC)(OC)OC)CN(C)C(C)=O)(OC)OC. The molecular formula is C18H41NO7Si2. The van der Waals surface area contributed by atoms with Crippen molar-refractivity contribution in [2.75, 3.05) is 56.3 Å². The van der Waals surface area contributed by atoms with Crippen LogP contribution >= 0.6 is 0 Å². The van der Waals surface area contributed by atoms with Crippen LogP contribution in [0.5, 0.6) is 0 Å². The Morgan fingerprint density at radius 2 is 1.11 bits per heavy atom. The van der Waals surface area contributed by atoms with Crippen molar-refractivity contribution >= 4 is 23.5 Å². The van der Waals surface area contributed by atoms with Gasteiger partial charge in [0.25, 0.3) is 0 Å². The van der Waals surface area contributed by atoms with Crippen LogP contribution in [0.3, 0.4) is 0 Å². The molecule has 0 N–H and O–H groups in total. The molecule has 0 aromatic carbocycles. The van der Waals surface area contributed by atoms with E-state index in [0.29, 0.717) is 6.54 Å². The van der Waals surface area contributed by atoms with Crippen LogP contribution in [0.15, 0.2) is 0 Å². The topological polar surface area (TPSA) is 75.7 Å². The molecule has 0 heterocycles. The summed E-state index contributed by atoms with van der Waals surface area (Å²) < 4.78 is 33.2. The van der Waals surface area contributed by atoms with Gasteiger partial charge in [0.2, 0.25) is 5.91 Å². The zero-order valence-corrected chi connectivity index (χ0v) is 21.3. The van der Waals surface area contributed by atoms with E-state index in [1.807, 2.05) is 7.05 Å². The molecular weight excluding hydrogens is 398 g/mol. The van der Waals surface area contributed by atoms with Crippen LogP contribution in [-0.2, 0) is 31.4 Å². The second-order valence-electron chi connectivity index (χ2n) is 7.48. The zero-order chi connectivity index (χ0) is 21.8. The maximum Gasteiger partial charge on any atom is 0.500 e. The molecule has 0 aliphatic heterocycles. The molecule has 0 aromatic heterocycles. The summed E-state index contributed by atoms with van der Waals surface area (Å²) >= 11 is 0. The number of rotatable bonds is 16. The van der Waals surface area contributed by atoms with Crippen molar-refractivity contribution in [3.05, 3.63) is 0 Å². The second kappa shape index (κ2) is 13.1. The van der Waals surface area contributed by atoms with Crippen molar-refractivity contribution in [3.63, 3.8) is 0 Å². The highest BCUT2D eigenvalue weighted by Crippen LogP contribution is 2.34. The fourth-order valence-electron chi connectivity index (χ4n) is 3.54. The van der Waals surface area contributed by atoms with Crippen LogP contribution in [0.4, 0.5) is 0 Å². The van der Waals surface area contributed by atoms with Gasteiger partial charge in [-0.05, 0) is 31.1 Å². The number of carbonyl (C=O) groups excluding carboxylic acids is 1. The Hall–Kier alpha value is -0.336. The Labute approximate surface area is 173 Å². The largest absolute Gasteiger partial charge is 0.500 e. The zero-order valence-electron chi connectivity index (χ0n) is 19.3. The fourth-order valence-corrected chi connectivity index (χ4v) is 6.99. The van der Waals surface area contributed by atoms with Gasteiger partial charge in [0.1, 0.15) is 0 Å². The number of hydrogen-bond acceptors (Lipinski definition) is 7. The van der Waals surface area contributed by atoms with E-state index in [1.165, 1.54) is 0 Å². The molecule has 0 aromatic rings. The van der Waals surface area contributed by atoms with Gasteiger partial charge in [-0.1, -0.05) is 6.92 Å². The lowest BCUT2D eigenvalue weighted by molar-refractivity contribution is -0.129. The smallest absolute Gasteiger partial charge is 0.377 e. The summed E-state index contributed by atoms with van der Waals surface area (Å²) in [6, 6.07) is 1.48. The molecule has 0 unspecified atom stereocenters. The highest BCUT2D eigenvalue weighted by Gasteiger charge is 2.40. The van der Waals surface area contributed by atoms with Crippen LogP contribution in [0.2, 0.25) is 12.1 Å². The highest BCUT2D eigenvalue weighted by molar-refractivity contribution is 6.60. The van der Waals surface area contributed by atoms with Gasteiger partial charge in [0.05, 0.1) is 0 Å². The normalized spacial score (nSPS) is 13.0. The van der Waals surface area contributed by atoms with Gasteiger partial charge in [0, 0.05) is 75.3 Å². The molecule has 0 aliphatic carbocycles. The van der Waals surface area contributed by atoms with Crippen LogP contribution in [0.1, 0.15) is 39.5 Å². The summed E-state index contributed by atoms with van der Waals surface area (Å²) in [6.07, 6.45) is 3.64. The van der Waals surface area contributed by atoms with Gasteiger partial charge >= 0.3 is 17.6 Å². The monoisotopic (exact) mass is 439 g/mol. The maximum absolute atomic E-state index is 11.8. The van der Waals surface area contributed by atoms with E-state index in [2.05, 4.69) is 6.92 Å². The van der Waals surface area contributed by atoms with E-state index in [4.69, 9.17) is 26.6 Å². The number of carbonyl (C=O) groups is 1. The van der Waals surface area contributed by atoms with Gasteiger partial charge in [-0.3, -0.25) is 4.79 Å². The first-order valence-electron chi connectivity index (χ1n) is 9.63. The average molecular weight is 440 g/mol. The molecule has 0 fully saturated rings. The molecule has 10 heteroatoms. The minimum atomic E-state index is -2.59. The summed E-state index contributed by atoms with van der Waals surface area (Å²) in [5.41, 5.74) is -0.0504. The third kappa shape index (κ3) is 8.58. The standard InChI is InChI=1S/C18H41NO7Si2/c1-17(20)19(3)16-18(2,12-10-14-27(21-4,22-5)23-6)13-11-15-28(24-7,25-8)26-9/h10-16H2,1-9H3. The summed E-state index contributed by atoms with van der Waals surface area (Å²) in [6.45, 7) is 4.50. The van der Waals surface area contributed by atoms with E-state index in [0.717, 1.165) is 37.8 Å². The van der Waals surface area contributed by atoms with Gasteiger partial charge < -0.3 is 31.5 Å². The van der Waals surface area contributed by atoms with Gasteiger partial charge in [-0.25, -0.2) is 0 Å². The number of amides is 1. The summed E-state index contributed by atoms with van der Waals surface area (Å²) in [5.74, 6) is 0.0648. The minimum Gasteiger partial charge on any atom is -0.377 e. The van der Waals surface area contributed by atoms with E-state index in [1.54, 1.807) is 54.5 Å². The molecule has 1 amide bonds. The van der Waals surface area contributed by atoms with Gasteiger partial charge in [-0.15, -0.1) is 0 Å². The third-order valence-electron chi connectivity index (χ3n) is 5.55. The second-order valence-corrected chi connectivity index (χ2v) is 13.7. The van der Waals surface area contributed by atoms with Gasteiger partial charge in [0.15, 0.2) is 0 Å². The van der Waals surface area contributed by atoms with Crippen LogP contribution in [0.25, 0.3) is 0 Å². The van der Waals surface area contributed by atoms with Crippen LogP contribution in [0, 0.1) is 5.41 Å². The van der Waals surface area contributed by atoms with Crippen LogP contribution in [-0.4, -0.2) is 84.7 Å². The highest BCUT2D eigenvalue weighted by atomic mass is 28.4. The molecule has 0 atom stereocenters. The van der Waals surface area contributed by atoms with Gasteiger partial charge in [-0.2, -0.15) is 0 Å². The molecule has 0 spiro atoms. The van der Waals surface area contributed by atoms with Crippen molar-refractivity contribution in [3.8, 4) is 0 Å². The van der Waals surface area contributed by atoms with Crippen molar-refractivity contribution in [2.45, 2.75) is 51.6 Å². The maximum atomic E-state index is 11.8. The predicted molar refractivity (Wildman–Crippen MR) is 113 cm³/mol. The molecule has 8 nitrogen and oxygen atoms in total. The van der Waals surface area contributed by atoms with Crippen molar-refractivity contribution in [1.82, 2.24) is 4.90 Å². The minimum absolute atomic E-state index is 0.0504. The Kier molecular flexibility index (Phi) is 12.9. The van der Waals surface area contributed by atoms with Crippen LogP contribution < -0.4 is 0 Å². The lowest BCUT2D eigenvalue weighted by Crippen LogP contribution is -2.44. The van der Waals surface area contributed by atoms with E-state index in [9.17, 15) is 4.79 Å². The van der Waals surface area contributed by atoms with Crippen molar-refractivity contribution < 1.29 is 31.4 Å². The number of hydrogen-bond donors (Lipinski definition) is 0. The predicted octanol–water partition coefficient (Wildman–Crippen LogP) is 2.79. The summed E-state index contributed by atoms with van der Waals surface area (Å²) in [4.78, 5) is 13.6. The molecule has 168 valence electrons.